The Kier molecular flexibility index (Phi) is 5.80. The number of nitrogens with one attached hydrogen (secondary N) is 1. The minimum atomic E-state index is -2.54. The number of aromatic amines is 1. The van der Waals surface area contributed by atoms with Gasteiger partial charge in [0, 0.05) is 61.8 Å². The topological polar surface area (TPSA) is 100 Å². The summed E-state index contributed by atoms with van der Waals surface area (Å²) in [5.41, 5.74) is 1.89. The highest BCUT2D eigenvalue weighted by molar-refractivity contribution is 8.24. The SMILES string of the molecule is CC(C)N1CCN(C(=O)c2ccc3[nH]c(C(=O)N4CCS(O)(O)CC4)cc3c2)CC1. The highest BCUT2D eigenvalue weighted by atomic mass is 32.3. The summed E-state index contributed by atoms with van der Waals surface area (Å²) in [4.78, 5) is 34.8. The fourth-order valence-electron chi connectivity index (χ4n) is 4.10. The van der Waals surface area contributed by atoms with Crippen molar-refractivity contribution >= 4 is 33.3 Å². The van der Waals surface area contributed by atoms with Crippen LogP contribution in [0.4, 0.5) is 0 Å². The molecular weight excluding hydrogens is 404 g/mol. The largest absolute Gasteiger partial charge is 0.351 e. The zero-order valence-corrected chi connectivity index (χ0v) is 18.3. The fourth-order valence-corrected chi connectivity index (χ4v) is 5.33. The van der Waals surface area contributed by atoms with E-state index in [-0.39, 0.29) is 23.3 Å². The van der Waals surface area contributed by atoms with E-state index in [0.29, 0.717) is 30.4 Å². The van der Waals surface area contributed by atoms with Crippen molar-refractivity contribution in [2.45, 2.75) is 19.9 Å². The summed E-state index contributed by atoms with van der Waals surface area (Å²) in [6.45, 7) is 8.23. The molecule has 30 heavy (non-hydrogen) atoms. The number of rotatable bonds is 3. The Morgan fingerprint density at radius 2 is 1.57 bits per heavy atom. The molecule has 9 heteroatoms. The second kappa shape index (κ2) is 8.22. The number of hydrogen-bond donors (Lipinski definition) is 3. The maximum Gasteiger partial charge on any atom is 0.270 e. The summed E-state index contributed by atoms with van der Waals surface area (Å²) in [6.07, 6.45) is 0. The number of amides is 2. The molecule has 2 aliphatic heterocycles. The molecule has 8 nitrogen and oxygen atoms in total. The molecule has 164 valence electrons. The van der Waals surface area contributed by atoms with Crippen molar-refractivity contribution in [1.29, 1.82) is 0 Å². The van der Waals surface area contributed by atoms with Gasteiger partial charge in [0.05, 0.1) is 11.5 Å². The maximum atomic E-state index is 12.9. The van der Waals surface area contributed by atoms with Crippen LogP contribution in [0.25, 0.3) is 10.9 Å². The summed E-state index contributed by atoms with van der Waals surface area (Å²) in [5, 5.41) is 0.825. The van der Waals surface area contributed by atoms with Gasteiger partial charge in [-0.25, -0.2) is 0 Å². The van der Waals surface area contributed by atoms with Gasteiger partial charge in [-0.15, -0.1) is 0 Å². The van der Waals surface area contributed by atoms with Crippen LogP contribution in [-0.4, -0.2) is 97.4 Å². The zero-order chi connectivity index (χ0) is 21.5. The summed E-state index contributed by atoms with van der Waals surface area (Å²) in [7, 11) is -2.54. The number of carbonyl (C=O) groups is 2. The van der Waals surface area contributed by atoms with E-state index in [1.807, 2.05) is 17.0 Å². The van der Waals surface area contributed by atoms with E-state index >= 15 is 0 Å². The molecule has 2 aliphatic rings. The summed E-state index contributed by atoms with van der Waals surface area (Å²) in [6, 6.07) is 7.75. The molecular formula is C21H30N4O4S. The second-order valence-corrected chi connectivity index (χ2v) is 10.8. The number of H-pyrrole nitrogens is 1. The van der Waals surface area contributed by atoms with Crippen molar-refractivity contribution in [1.82, 2.24) is 19.7 Å². The molecule has 0 aliphatic carbocycles. The van der Waals surface area contributed by atoms with Gasteiger partial charge in [0.25, 0.3) is 11.8 Å². The van der Waals surface area contributed by atoms with Gasteiger partial charge in [-0.3, -0.25) is 23.6 Å². The van der Waals surface area contributed by atoms with Crippen molar-refractivity contribution in [3.05, 3.63) is 35.5 Å². The third-order valence-electron chi connectivity index (χ3n) is 6.09. The van der Waals surface area contributed by atoms with Crippen LogP contribution in [0.5, 0.6) is 0 Å². The van der Waals surface area contributed by atoms with Crippen LogP contribution in [0, 0.1) is 0 Å². The lowest BCUT2D eigenvalue weighted by Crippen LogP contribution is -2.50. The van der Waals surface area contributed by atoms with Crippen molar-refractivity contribution < 1.29 is 18.7 Å². The van der Waals surface area contributed by atoms with Crippen LogP contribution in [0.2, 0.25) is 0 Å². The predicted molar refractivity (Wildman–Crippen MR) is 119 cm³/mol. The third kappa shape index (κ3) is 4.34. The van der Waals surface area contributed by atoms with Gasteiger partial charge in [0.15, 0.2) is 0 Å². The van der Waals surface area contributed by atoms with Gasteiger partial charge in [-0.05, 0) is 38.1 Å². The molecule has 2 saturated heterocycles. The molecule has 0 atom stereocenters. The quantitative estimate of drug-likeness (QED) is 0.689. The third-order valence-corrected chi connectivity index (χ3v) is 7.77. The van der Waals surface area contributed by atoms with Crippen LogP contribution in [-0.2, 0) is 0 Å². The van der Waals surface area contributed by atoms with Gasteiger partial charge < -0.3 is 14.8 Å². The van der Waals surface area contributed by atoms with Crippen molar-refractivity contribution in [2.75, 3.05) is 50.8 Å². The summed E-state index contributed by atoms with van der Waals surface area (Å²) >= 11 is 0. The molecule has 1 aromatic heterocycles. The Hall–Kier alpha value is -2.07. The standard InChI is InChI=1S/C21H30N4O4S/c1-15(2)23-5-7-24(8-6-23)20(26)16-3-4-18-17(13-16)14-19(22-18)21(27)25-9-11-30(28,29)12-10-25/h3-4,13-15,22,28-29H,5-12H2,1-2H3. The van der Waals surface area contributed by atoms with Crippen molar-refractivity contribution in [2.24, 2.45) is 0 Å². The lowest BCUT2D eigenvalue weighted by Gasteiger charge is -2.40. The van der Waals surface area contributed by atoms with Crippen LogP contribution >= 0.6 is 10.6 Å². The molecule has 4 rings (SSSR count). The van der Waals surface area contributed by atoms with E-state index < -0.39 is 10.6 Å². The normalized spacial score (nSPS) is 21.2. The smallest absolute Gasteiger partial charge is 0.270 e. The maximum absolute atomic E-state index is 12.9. The van der Waals surface area contributed by atoms with E-state index in [9.17, 15) is 18.7 Å². The number of nitrogens with zero attached hydrogens (tertiary/aromatic N) is 3. The Morgan fingerprint density at radius 1 is 0.933 bits per heavy atom. The van der Waals surface area contributed by atoms with Gasteiger partial charge >= 0.3 is 0 Å². The number of benzene rings is 1. The zero-order valence-electron chi connectivity index (χ0n) is 17.5. The molecule has 2 fully saturated rings. The molecule has 0 radical (unpaired) electrons. The van der Waals surface area contributed by atoms with Gasteiger partial charge in [-0.2, -0.15) is 10.6 Å². The highest BCUT2D eigenvalue weighted by Gasteiger charge is 2.27. The van der Waals surface area contributed by atoms with Crippen LogP contribution in [0.15, 0.2) is 24.3 Å². The Morgan fingerprint density at radius 3 is 2.20 bits per heavy atom. The van der Waals surface area contributed by atoms with E-state index in [4.69, 9.17) is 0 Å². The molecule has 0 unspecified atom stereocenters. The Balaban J connectivity index is 1.46. The van der Waals surface area contributed by atoms with Gasteiger partial charge in [0.1, 0.15) is 5.69 Å². The minimum absolute atomic E-state index is 0.0237. The Labute approximate surface area is 178 Å². The van der Waals surface area contributed by atoms with Crippen LogP contribution in [0.1, 0.15) is 34.7 Å². The molecule has 3 N–H and O–H groups in total. The molecule has 1 aromatic carbocycles. The van der Waals surface area contributed by atoms with E-state index in [0.717, 1.165) is 37.1 Å². The lowest BCUT2D eigenvalue weighted by molar-refractivity contribution is 0.0595. The first-order chi connectivity index (χ1) is 14.2. The molecule has 2 amide bonds. The molecule has 0 spiro atoms. The van der Waals surface area contributed by atoms with Crippen LogP contribution in [0.3, 0.4) is 0 Å². The number of aromatic nitrogens is 1. The Bertz CT molecular complexity index is 940. The average Bonchev–Trinajstić information content (AvgIpc) is 3.16. The van der Waals surface area contributed by atoms with E-state index in [2.05, 4.69) is 23.7 Å². The lowest BCUT2D eigenvalue weighted by atomic mass is 10.1. The molecule has 2 aromatic rings. The minimum Gasteiger partial charge on any atom is -0.351 e. The number of carbonyl (C=O) groups excluding carboxylic acids is 2. The highest BCUT2D eigenvalue weighted by Crippen LogP contribution is 2.40. The van der Waals surface area contributed by atoms with Crippen molar-refractivity contribution in [3.63, 3.8) is 0 Å². The number of hydrogen-bond acceptors (Lipinski definition) is 5. The van der Waals surface area contributed by atoms with Gasteiger partial charge in [-0.1, -0.05) is 0 Å². The summed E-state index contributed by atoms with van der Waals surface area (Å²) < 4.78 is 19.5. The summed E-state index contributed by atoms with van der Waals surface area (Å²) in [5.74, 6) is 0.318. The van der Waals surface area contributed by atoms with Crippen LogP contribution < -0.4 is 0 Å². The number of piperazine rings is 1. The first-order valence-electron chi connectivity index (χ1n) is 10.4. The molecule has 0 saturated carbocycles. The monoisotopic (exact) mass is 434 g/mol. The molecule has 0 bridgehead atoms. The van der Waals surface area contributed by atoms with Crippen molar-refractivity contribution in [3.8, 4) is 0 Å². The van der Waals surface area contributed by atoms with Gasteiger partial charge in [0.2, 0.25) is 0 Å². The second-order valence-electron chi connectivity index (χ2n) is 8.41. The first kappa shape index (κ1) is 21.2. The fraction of sp³-hybridized carbons (Fsp3) is 0.524. The first-order valence-corrected chi connectivity index (χ1v) is 12.3. The average molecular weight is 435 g/mol. The predicted octanol–water partition coefficient (Wildman–Crippen LogP) is 2.54. The number of fused-ring (bicyclic) bond motifs is 1. The van der Waals surface area contributed by atoms with E-state index in [1.165, 1.54) is 0 Å². The van der Waals surface area contributed by atoms with E-state index in [1.54, 1.807) is 17.0 Å². The molecule has 3 heterocycles.